The van der Waals surface area contributed by atoms with E-state index in [4.69, 9.17) is 47.4 Å². The Labute approximate surface area is 185 Å². The maximum atomic E-state index is 5.47. The first kappa shape index (κ1) is 26.8. The molecule has 0 bridgehead atoms. The van der Waals surface area contributed by atoms with Crippen molar-refractivity contribution in [1.82, 2.24) is 0 Å². The van der Waals surface area contributed by atoms with Crippen molar-refractivity contribution in [3.63, 3.8) is 0 Å². The van der Waals surface area contributed by atoms with E-state index >= 15 is 0 Å². The van der Waals surface area contributed by atoms with E-state index in [0.717, 1.165) is 19.6 Å². The number of rotatable bonds is 26. The zero-order valence-electron chi connectivity index (χ0n) is 18.7. The first-order valence-corrected chi connectivity index (χ1v) is 11.3. The first-order valence-electron chi connectivity index (χ1n) is 11.3. The van der Waals surface area contributed by atoms with E-state index in [0.29, 0.717) is 118 Å². The molecule has 0 radical (unpaired) electrons. The lowest BCUT2D eigenvalue weighted by molar-refractivity contribution is -0.0214. The Morgan fingerprint density at radius 2 is 0.645 bits per heavy atom. The van der Waals surface area contributed by atoms with Gasteiger partial charge in [0, 0.05) is 13.2 Å². The van der Waals surface area contributed by atoms with Gasteiger partial charge >= 0.3 is 0 Å². The zero-order chi connectivity index (χ0) is 21.7. The van der Waals surface area contributed by atoms with Gasteiger partial charge in [0.05, 0.1) is 106 Å². The molecule has 0 aliphatic carbocycles. The maximum Gasteiger partial charge on any atom is 0.104 e. The molecule has 2 fully saturated rings. The predicted octanol–water partition coefficient (Wildman–Crippen LogP) is 0.307. The monoisotopic (exact) mass is 452 g/mol. The van der Waals surface area contributed by atoms with Crippen molar-refractivity contribution in [2.75, 3.05) is 119 Å². The predicted molar refractivity (Wildman–Crippen MR) is 111 cm³/mol. The standard InChI is InChI=1S/C21H40O10/c1(3-28-16-20-18-30-20)2-22-4-5-23-6-7-24-8-9-25-10-11-26-12-13-27-14-15-29-17-21-19-31-21/h20-21H,1-19H2. The third-order valence-corrected chi connectivity index (χ3v) is 4.22. The molecule has 0 spiro atoms. The van der Waals surface area contributed by atoms with E-state index in [-0.39, 0.29) is 0 Å². The molecule has 2 unspecified atom stereocenters. The lowest BCUT2D eigenvalue weighted by Gasteiger charge is -2.08. The number of ether oxygens (including phenoxy) is 10. The van der Waals surface area contributed by atoms with Crippen molar-refractivity contribution >= 4 is 0 Å². The fourth-order valence-electron chi connectivity index (χ4n) is 2.34. The second-order valence-corrected chi connectivity index (χ2v) is 7.09. The Kier molecular flexibility index (Phi) is 17.5. The maximum absolute atomic E-state index is 5.47. The van der Waals surface area contributed by atoms with Gasteiger partial charge in [-0.3, -0.25) is 0 Å². The van der Waals surface area contributed by atoms with Crippen LogP contribution in [-0.4, -0.2) is 131 Å². The molecule has 2 heterocycles. The molecule has 31 heavy (non-hydrogen) atoms. The SMILES string of the molecule is C(COCCOCCOCCOCCOCCOCCOCC1CO1)COCC1CO1. The Balaban J connectivity index is 1.12. The van der Waals surface area contributed by atoms with Crippen LogP contribution >= 0.6 is 0 Å². The zero-order valence-corrected chi connectivity index (χ0v) is 18.7. The van der Waals surface area contributed by atoms with Crippen LogP contribution in [0.5, 0.6) is 0 Å². The molecule has 10 nitrogen and oxygen atoms in total. The number of epoxide rings is 2. The number of hydrogen-bond donors (Lipinski definition) is 0. The molecule has 2 aliphatic heterocycles. The van der Waals surface area contributed by atoms with E-state index in [2.05, 4.69) is 0 Å². The van der Waals surface area contributed by atoms with E-state index < -0.39 is 0 Å². The summed E-state index contributed by atoms with van der Waals surface area (Å²) in [5.41, 5.74) is 0. The van der Waals surface area contributed by atoms with Crippen molar-refractivity contribution in [3.05, 3.63) is 0 Å². The average Bonchev–Trinajstić information content (AvgIpc) is 3.69. The molecule has 0 saturated carbocycles. The van der Waals surface area contributed by atoms with E-state index in [1.807, 2.05) is 0 Å². The van der Waals surface area contributed by atoms with Gasteiger partial charge in [0.2, 0.25) is 0 Å². The Morgan fingerprint density at radius 3 is 1.00 bits per heavy atom. The molecular formula is C21H40O10. The van der Waals surface area contributed by atoms with Gasteiger partial charge in [-0.2, -0.15) is 0 Å². The largest absolute Gasteiger partial charge is 0.379 e. The van der Waals surface area contributed by atoms with E-state index in [1.54, 1.807) is 0 Å². The Morgan fingerprint density at radius 1 is 0.387 bits per heavy atom. The lowest BCUT2D eigenvalue weighted by Crippen LogP contribution is -2.15. The average molecular weight is 453 g/mol. The van der Waals surface area contributed by atoms with Crippen LogP contribution in [0.1, 0.15) is 6.42 Å². The normalized spacial score (nSPS) is 19.7. The van der Waals surface area contributed by atoms with Gasteiger partial charge in [-0.05, 0) is 6.42 Å². The molecule has 184 valence electrons. The van der Waals surface area contributed by atoms with Crippen LogP contribution in [0.3, 0.4) is 0 Å². The molecule has 2 saturated heterocycles. The third-order valence-electron chi connectivity index (χ3n) is 4.22. The molecular weight excluding hydrogens is 412 g/mol. The van der Waals surface area contributed by atoms with Gasteiger partial charge in [-0.1, -0.05) is 0 Å². The van der Waals surface area contributed by atoms with Crippen LogP contribution < -0.4 is 0 Å². The van der Waals surface area contributed by atoms with Crippen LogP contribution in [0.4, 0.5) is 0 Å². The van der Waals surface area contributed by atoms with Crippen LogP contribution in [0.15, 0.2) is 0 Å². The summed E-state index contributed by atoms with van der Waals surface area (Å²) in [4.78, 5) is 0. The molecule has 0 aromatic heterocycles. The van der Waals surface area contributed by atoms with Crippen molar-refractivity contribution in [1.29, 1.82) is 0 Å². The minimum absolute atomic E-state index is 0.307. The summed E-state index contributed by atoms with van der Waals surface area (Å²) >= 11 is 0. The highest BCUT2D eigenvalue weighted by atomic mass is 16.6. The summed E-state index contributed by atoms with van der Waals surface area (Å²) in [6.45, 7) is 11.1. The van der Waals surface area contributed by atoms with Crippen LogP contribution in [0.25, 0.3) is 0 Å². The highest BCUT2D eigenvalue weighted by Crippen LogP contribution is 2.08. The van der Waals surface area contributed by atoms with E-state index in [1.165, 1.54) is 0 Å². The lowest BCUT2D eigenvalue weighted by atomic mass is 10.5. The van der Waals surface area contributed by atoms with Crippen molar-refractivity contribution < 1.29 is 47.4 Å². The molecule has 0 aromatic carbocycles. The molecule has 0 aromatic rings. The van der Waals surface area contributed by atoms with Crippen LogP contribution in [-0.2, 0) is 47.4 Å². The molecule has 10 heteroatoms. The van der Waals surface area contributed by atoms with Crippen molar-refractivity contribution in [3.8, 4) is 0 Å². The summed E-state index contributed by atoms with van der Waals surface area (Å²) in [5.74, 6) is 0. The smallest absolute Gasteiger partial charge is 0.104 e. The van der Waals surface area contributed by atoms with Gasteiger partial charge in [-0.25, -0.2) is 0 Å². The summed E-state index contributed by atoms with van der Waals surface area (Å²) in [6, 6.07) is 0. The minimum Gasteiger partial charge on any atom is -0.379 e. The third kappa shape index (κ3) is 20.0. The van der Waals surface area contributed by atoms with Gasteiger partial charge in [0.25, 0.3) is 0 Å². The summed E-state index contributed by atoms with van der Waals surface area (Å²) in [6.07, 6.45) is 1.53. The first-order chi connectivity index (χ1) is 15.4. The quantitative estimate of drug-likeness (QED) is 0.135. The fourth-order valence-corrected chi connectivity index (χ4v) is 2.34. The summed E-state index contributed by atoms with van der Waals surface area (Å²) in [7, 11) is 0. The van der Waals surface area contributed by atoms with Crippen LogP contribution in [0, 0.1) is 0 Å². The molecule has 2 aliphatic rings. The fraction of sp³-hybridized carbons (Fsp3) is 1.00. The summed E-state index contributed by atoms with van der Waals surface area (Å²) in [5, 5.41) is 0. The van der Waals surface area contributed by atoms with Crippen molar-refractivity contribution in [2.24, 2.45) is 0 Å². The molecule has 0 amide bonds. The second-order valence-electron chi connectivity index (χ2n) is 7.09. The van der Waals surface area contributed by atoms with Gasteiger partial charge in [-0.15, -0.1) is 0 Å². The Bertz CT molecular complexity index is 345. The summed E-state index contributed by atoms with van der Waals surface area (Å²) < 4.78 is 53.5. The number of hydrogen-bond acceptors (Lipinski definition) is 10. The van der Waals surface area contributed by atoms with Crippen molar-refractivity contribution in [2.45, 2.75) is 18.6 Å². The van der Waals surface area contributed by atoms with Gasteiger partial charge < -0.3 is 47.4 Å². The second kappa shape index (κ2) is 20.2. The van der Waals surface area contributed by atoms with Crippen LogP contribution in [0.2, 0.25) is 0 Å². The van der Waals surface area contributed by atoms with Gasteiger partial charge in [0.1, 0.15) is 12.2 Å². The van der Waals surface area contributed by atoms with E-state index in [9.17, 15) is 0 Å². The topological polar surface area (TPSA) is 98.9 Å². The molecule has 0 N–H and O–H groups in total. The van der Waals surface area contributed by atoms with Gasteiger partial charge in [0.15, 0.2) is 0 Å². The highest BCUT2D eigenvalue weighted by Gasteiger charge is 2.22. The molecule has 2 atom stereocenters. The highest BCUT2D eigenvalue weighted by molar-refractivity contribution is 4.67. The Hall–Kier alpha value is -0.400. The minimum atomic E-state index is 0.307. The molecule has 2 rings (SSSR count).